The number of halogens is 3. The van der Waals surface area contributed by atoms with Gasteiger partial charge in [0.25, 0.3) is 5.91 Å². The van der Waals surface area contributed by atoms with Crippen LogP contribution in [-0.4, -0.2) is 53.3 Å². The molecule has 2 heterocycles. The number of nitrogens with zero attached hydrogens (tertiary/aromatic N) is 3. The first kappa shape index (κ1) is 16.3. The molecule has 1 aliphatic heterocycles. The van der Waals surface area contributed by atoms with Crippen LogP contribution in [0.1, 0.15) is 28.9 Å². The van der Waals surface area contributed by atoms with Crippen molar-refractivity contribution in [3.63, 3.8) is 0 Å². The highest BCUT2D eigenvalue weighted by Crippen LogP contribution is 2.28. The normalized spacial score (nSPS) is 18.4. The number of carbonyl (C=O) groups is 2. The van der Waals surface area contributed by atoms with Gasteiger partial charge in [-0.1, -0.05) is 0 Å². The highest BCUT2D eigenvalue weighted by atomic mass is 19.4. The van der Waals surface area contributed by atoms with Gasteiger partial charge in [0.1, 0.15) is 11.7 Å². The van der Waals surface area contributed by atoms with Crippen LogP contribution in [0, 0.1) is 0 Å². The van der Waals surface area contributed by atoms with Crippen LogP contribution < -0.4 is 0 Å². The predicted octanol–water partition coefficient (Wildman–Crippen LogP) is 1.79. The average molecular weight is 315 g/mol. The van der Waals surface area contributed by atoms with Gasteiger partial charge in [0.05, 0.1) is 5.56 Å². The van der Waals surface area contributed by atoms with Crippen LogP contribution in [0.25, 0.3) is 0 Å². The SMILES string of the molecule is CN(C)C(=O)C1CCCN1C(=O)c1ccc(C(F)(F)F)nc1. The molecule has 0 saturated carbocycles. The van der Waals surface area contributed by atoms with E-state index in [0.717, 1.165) is 18.3 Å². The molecule has 0 radical (unpaired) electrons. The molecule has 8 heteroatoms. The molecule has 2 amide bonds. The maximum Gasteiger partial charge on any atom is 0.433 e. The topological polar surface area (TPSA) is 53.5 Å². The number of amides is 2. The Bertz CT molecular complexity index is 570. The minimum atomic E-state index is -4.54. The van der Waals surface area contributed by atoms with Crippen LogP contribution in [0.3, 0.4) is 0 Å². The van der Waals surface area contributed by atoms with Crippen LogP contribution in [0.2, 0.25) is 0 Å². The summed E-state index contributed by atoms with van der Waals surface area (Å²) in [4.78, 5) is 30.5. The van der Waals surface area contributed by atoms with E-state index >= 15 is 0 Å². The summed E-state index contributed by atoms with van der Waals surface area (Å²) >= 11 is 0. The number of aromatic nitrogens is 1. The van der Waals surface area contributed by atoms with E-state index in [9.17, 15) is 22.8 Å². The van der Waals surface area contributed by atoms with E-state index in [4.69, 9.17) is 0 Å². The van der Waals surface area contributed by atoms with Crippen LogP contribution in [0.15, 0.2) is 18.3 Å². The van der Waals surface area contributed by atoms with E-state index in [1.807, 2.05) is 0 Å². The monoisotopic (exact) mass is 315 g/mol. The molecule has 0 spiro atoms. The summed E-state index contributed by atoms with van der Waals surface area (Å²) in [7, 11) is 3.20. The van der Waals surface area contributed by atoms with Crippen molar-refractivity contribution in [2.45, 2.75) is 25.1 Å². The summed E-state index contributed by atoms with van der Waals surface area (Å²) in [6.45, 7) is 0.407. The second kappa shape index (κ2) is 5.94. The van der Waals surface area contributed by atoms with Gasteiger partial charge < -0.3 is 9.80 Å². The van der Waals surface area contributed by atoms with Gasteiger partial charge in [0, 0.05) is 26.8 Å². The fourth-order valence-corrected chi connectivity index (χ4v) is 2.42. The van der Waals surface area contributed by atoms with Crippen molar-refractivity contribution < 1.29 is 22.8 Å². The summed E-state index contributed by atoms with van der Waals surface area (Å²) in [6, 6.07) is 1.30. The summed E-state index contributed by atoms with van der Waals surface area (Å²) < 4.78 is 37.4. The lowest BCUT2D eigenvalue weighted by molar-refractivity contribution is -0.141. The number of alkyl halides is 3. The minimum absolute atomic E-state index is 0.0476. The molecule has 1 aromatic rings. The van der Waals surface area contributed by atoms with E-state index in [2.05, 4.69) is 4.98 Å². The fourth-order valence-electron chi connectivity index (χ4n) is 2.42. The summed E-state index contributed by atoms with van der Waals surface area (Å²) in [6.07, 6.45) is -2.40. The Morgan fingerprint density at radius 2 is 2.00 bits per heavy atom. The predicted molar refractivity (Wildman–Crippen MR) is 72.0 cm³/mol. The van der Waals surface area contributed by atoms with Gasteiger partial charge in [-0.2, -0.15) is 13.2 Å². The van der Waals surface area contributed by atoms with E-state index in [1.165, 1.54) is 9.80 Å². The first-order valence-electron chi connectivity index (χ1n) is 6.77. The van der Waals surface area contributed by atoms with Gasteiger partial charge in [0.2, 0.25) is 5.91 Å². The van der Waals surface area contributed by atoms with Crippen molar-refractivity contribution >= 4 is 11.8 Å². The Morgan fingerprint density at radius 3 is 2.50 bits per heavy atom. The summed E-state index contributed by atoms with van der Waals surface area (Å²) in [5, 5.41) is 0. The molecule has 0 bridgehead atoms. The minimum Gasteiger partial charge on any atom is -0.347 e. The van der Waals surface area contributed by atoms with Crippen molar-refractivity contribution in [3.8, 4) is 0 Å². The Kier molecular flexibility index (Phi) is 4.39. The smallest absolute Gasteiger partial charge is 0.347 e. The number of rotatable bonds is 2. The number of hydrogen-bond donors (Lipinski definition) is 0. The number of likely N-dealkylation sites (tertiary alicyclic amines) is 1. The van der Waals surface area contributed by atoms with Crippen LogP contribution >= 0.6 is 0 Å². The molecule has 1 unspecified atom stereocenters. The largest absolute Gasteiger partial charge is 0.433 e. The van der Waals surface area contributed by atoms with Gasteiger partial charge in [-0.05, 0) is 25.0 Å². The maximum absolute atomic E-state index is 12.5. The van der Waals surface area contributed by atoms with E-state index in [-0.39, 0.29) is 11.5 Å². The maximum atomic E-state index is 12.5. The number of hydrogen-bond acceptors (Lipinski definition) is 3. The lowest BCUT2D eigenvalue weighted by Crippen LogP contribution is -2.45. The Hall–Kier alpha value is -2.12. The average Bonchev–Trinajstić information content (AvgIpc) is 2.94. The molecule has 0 aromatic carbocycles. The lowest BCUT2D eigenvalue weighted by Gasteiger charge is -2.26. The molecular formula is C14H16F3N3O2. The zero-order valence-corrected chi connectivity index (χ0v) is 12.2. The molecule has 1 atom stereocenters. The molecule has 2 rings (SSSR count). The molecule has 0 aliphatic carbocycles. The van der Waals surface area contributed by atoms with Gasteiger partial charge in [0.15, 0.2) is 0 Å². The van der Waals surface area contributed by atoms with Crippen molar-refractivity contribution in [3.05, 3.63) is 29.6 Å². The first-order valence-corrected chi connectivity index (χ1v) is 6.77. The third-order valence-electron chi connectivity index (χ3n) is 3.54. The molecule has 5 nitrogen and oxygen atoms in total. The van der Waals surface area contributed by atoms with Gasteiger partial charge in [-0.25, -0.2) is 0 Å². The zero-order valence-electron chi connectivity index (χ0n) is 12.2. The number of carbonyl (C=O) groups excluding carboxylic acids is 2. The van der Waals surface area contributed by atoms with Gasteiger partial charge in [-0.15, -0.1) is 0 Å². The third-order valence-corrected chi connectivity index (χ3v) is 3.54. The standard InChI is InChI=1S/C14H16F3N3O2/c1-19(2)13(22)10-4-3-7-20(10)12(21)9-5-6-11(18-8-9)14(15,16)17/h5-6,8,10H,3-4,7H2,1-2H3. The first-order chi connectivity index (χ1) is 10.2. The van der Waals surface area contributed by atoms with Crippen molar-refractivity contribution in [1.82, 2.24) is 14.8 Å². The number of pyridine rings is 1. The van der Waals surface area contributed by atoms with Gasteiger partial charge >= 0.3 is 6.18 Å². The third kappa shape index (κ3) is 3.20. The fraction of sp³-hybridized carbons (Fsp3) is 0.500. The second-order valence-corrected chi connectivity index (χ2v) is 5.32. The van der Waals surface area contributed by atoms with Crippen LogP contribution in [-0.2, 0) is 11.0 Å². The highest BCUT2D eigenvalue weighted by Gasteiger charge is 2.36. The molecule has 1 aliphatic rings. The Morgan fingerprint density at radius 1 is 1.32 bits per heavy atom. The number of likely N-dealkylation sites (N-methyl/N-ethyl adjacent to an activating group) is 1. The molecule has 0 N–H and O–H groups in total. The molecular weight excluding hydrogens is 299 g/mol. The summed E-state index contributed by atoms with van der Waals surface area (Å²) in [5.74, 6) is -0.662. The Balaban J connectivity index is 2.19. The van der Waals surface area contributed by atoms with E-state index < -0.39 is 23.8 Å². The Labute approximate surface area is 125 Å². The van der Waals surface area contributed by atoms with E-state index in [1.54, 1.807) is 14.1 Å². The van der Waals surface area contributed by atoms with Crippen molar-refractivity contribution in [2.24, 2.45) is 0 Å². The summed E-state index contributed by atoms with van der Waals surface area (Å²) in [5.41, 5.74) is -1.00. The lowest BCUT2D eigenvalue weighted by atomic mass is 10.1. The van der Waals surface area contributed by atoms with Crippen molar-refractivity contribution in [2.75, 3.05) is 20.6 Å². The molecule has 1 fully saturated rings. The van der Waals surface area contributed by atoms with Gasteiger partial charge in [-0.3, -0.25) is 14.6 Å². The molecule has 1 aromatic heterocycles. The van der Waals surface area contributed by atoms with E-state index in [0.29, 0.717) is 19.4 Å². The zero-order chi connectivity index (χ0) is 16.5. The van der Waals surface area contributed by atoms with Crippen LogP contribution in [0.4, 0.5) is 13.2 Å². The quantitative estimate of drug-likeness (QED) is 0.836. The molecule has 22 heavy (non-hydrogen) atoms. The molecule has 120 valence electrons. The highest BCUT2D eigenvalue weighted by molar-refractivity contribution is 5.97. The second-order valence-electron chi connectivity index (χ2n) is 5.32. The van der Waals surface area contributed by atoms with Crippen molar-refractivity contribution in [1.29, 1.82) is 0 Å². The van der Waals surface area contributed by atoms with Crippen LogP contribution in [0.5, 0.6) is 0 Å². The molecule has 1 saturated heterocycles.